The molecule has 2 heterocycles. The summed E-state index contributed by atoms with van der Waals surface area (Å²) in [6.07, 6.45) is 0. The van der Waals surface area contributed by atoms with Crippen LogP contribution in [0.1, 0.15) is 22.5 Å². The molecule has 4 aromatic carbocycles. The number of aromatic nitrogens is 4. The second kappa shape index (κ2) is 15.2. The summed E-state index contributed by atoms with van der Waals surface area (Å²) in [5, 5.41) is 19.6. The Kier molecular flexibility index (Phi) is 10.9. The zero-order chi connectivity index (χ0) is 39.8. The van der Waals surface area contributed by atoms with E-state index in [9.17, 15) is 53.5 Å². The molecule has 6 rings (SSSR count). The van der Waals surface area contributed by atoms with E-state index in [0.29, 0.717) is 11.4 Å². The number of azo groups is 2. The number of rotatable bonds is 6. The molecule has 0 amide bonds. The number of nitrogens with zero attached hydrogens (tertiary/aromatic N) is 6. The number of benzene rings is 4. The van der Waals surface area contributed by atoms with Crippen LogP contribution in [0.4, 0.5) is 66.7 Å². The van der Waals surface area contributed by atoms with E-state index in [4.69, 9.17) is 0 Å². The predicted molar refractivity (Wildman–Crippen MR) is 173 cm³/mol. The first-order valence-electron chi connectivity index (χ1n) is 15.1. The van der Waals surface area contributed by atoms with Gasteiger partial charge in [0.15, 0.2) is 57.9 Å². The van der Waals surface area contributed by atoms with E-state index in [1.54, 1.807) is 48.5 Å². The largest absolute Gasteiger partial charge is 0.299 e. The van der Waals surface area contributed by atoms with Crippen LogP contribution in [0.5, 0.6) is 0 Å². The lowest BCUT2D eigenvalue weighted by molar-refractivity contribution is 0.373. The standard InChI is InChI=1S/2C17H11F5N4O/c2*1-7-3-5-9(6-4-7)23-24-15-8(2)25-26(17(15)27)16-13(21)11(19)10(18)12(20)14(16)22/h2*3-6,25H,1-2H3. The third-order valence-corrected chi connectivity index (χ3v) is 7.50. The summed E-state index contributed by atoms with van der Waals surface area (Å²) in [6.45, 7) is 6.40. The maximum absolute atomic E-state index is 13.9. The molecule has 20 heteroatoms. The third kappa shape index (κ3) is 7.21. The monoisotopic (exact) mass is 764 g/mol. The fourth-order valence-corrected chi connectivity index (χ4v) is 4.64. The van der Waals surface area contributed by atoms with Gasteiger partial charge in [0, 0.05) is 0 Å². The van der Waals surface area contributed by atoms with Crippen molar-refractivity contribution in [2.45, 2.75) is 27.7 Å². The first kappa shape index (κ1) is 38.6. The van der Waals surface area contributed by atoms with Gasteiger partial charge in [0.1, 0.15) is 11.4 Å². The molecule has 0 saturated carbocycles. The smallest absolute Gasteiger partial charge is 0.293 e. The average molecular weight is 765 g/mol. The number of hydrogen-bond donors (Lipinski definition) is 2. The van der Waals surface area contributed by atoms with Gasteiger partial charge in [-0.05, 0) is 52.0 Å². The minimum atomic E-state index is -2.32. The van der Waals surface area contributed by atoms with Crippen molar-refractivity contribution in [2.75, 3.05) is 0 Å². The minimum absolute atomic E-state index is 0.0276. The molecule has 0 aliphatic carbocycles. The van der Waals surface area contributed by atoms with Gasteiger partial charge in [-0.25, -0.2) is 53.3 Å². The summed E-state index contributed by atoms with van der Waals surface area (Å²) >= 11 is 0. The maximum Gasteiger partial charge on any atom is 0.299 e. The lowest BCUT2D eigenvalue weighted by Gasteiger charge is -2.07. The molecule has 0 aliphatic rings. The molecule has 2 N–H and O–H groups in total. The Bertz CT molecular complexity index is 2350. The van der Waals surface area contributed by atoms with Crippen molar-refractivity contribution in [2.24, 2.45) is 20.5 Å². The van der Waals surface area contributed by atoms with Crippen molar-refractivity contribution in [3.63, 3.8) is 0 Å². The third-order valence-electron chi connectivity index (χ3n) is 7.50. The summed E-state index contributed by atoms with van der Waals surface area (Å²) < 4.78 is 136. The Balaban J connectivity index is 0.000000208. The van der Waals surface area contributed by atoms with E-state index in [1.165, 1.54) is 13.8 Å². The summed E-state index contributed by atoms with van der Waals surface area (Å²) in [5.74, 6) is -21.8. The Morgan fingerprint density at radius 1 is 0.407 bits per heavy atom. The van der Waals surface area contributed by atoms with Crippen molar-refractivity contribution in [1.82, 2.24) is 19.6 Å². The van der Waals surface area contributed by atoms with E-state index in [1.807, 2.05) is 13.8 Å². The van der Waals surface area contributed by atoms with Crippen molar-refractivity contribution in [3.8, 4) is 11.4 Å². The number of halogens is 10. The summed E-state index contributed by atoms with van der Waals surface area (Å²) in [4.78, 5) is 24.8. The van der Waals surface area contributed by atoms with Gasteiger partial charge in [-0.2, -0.15) is 10.2 Å². The normalized spacial score (nSPS) is 11.5. The number of nitrogens with one attached hydrogen (secondary N) is 2. The molecule has 0 radical (unpaired) electrons. The van der Waals surface area contributed by atoms with Crippen LogP contribution in [0.15, 0.2) is 78.6 Å². The second-order valence-electron chi connectivity index (χ2n) is 11.4. The fraction of sp³-hybridized carbons (Fsp3) is 0.118. The SMILES string of the molecule is Cc1ccc(N=Nc2c(C)[nH]n(-c3c(F)c(F)c(F)c(F)c3F)c2=O)cc1.Cc1ccc(N=Nc2c(C)[nH]n(-c3c(F)c(F)c(F)c(F)c3F)c2=O)cc1. The first-order valence-corrected chi connectivity index (χ1v) is 15.1. The molecule has 6 aromatic rings. The van der Waals surface area contributed by atoms with Crippen LogP contribution in [0.3, 0.4) is 0 Å². The highest BCUT2D eigenvalue weighted by Gasteiger charge is 2.30. The van der Waals surface area contributed by atoms with E-state index in [-0.39, 0.29) is 32.1 Å². The molecule has 0 aliphatic heterocycles. The summed E-state index contributed by atoms with van der Waals surface area (Å²) in [5.41, 5.74) is -2.93. The number of aryl methyl sites for hydroxylation is 4. The zero-order valence-electron chi connectivity index (χ0n) is 27.9. The van der Waals surface area contributed by atoms with Crippen LogP contribution in [0.25, 0.3) is 11.4 Å². The van der Waals surface area contributed by atoms with Crippen LogP contribution < -0.4 is 11.1 Å². The molecule has 2 aromatic heterocycles. The molecular weight excluding hydrogens is 742 g/mol. The van der Waals surface area contributed by atoms with E-state index < -0.39 is 80.7 Å². The molecule has 0 fully saturated rings. The summed E-state index contributed by atoms with van der Waals surface area (Å²) in [6, 6.07) is 13.5. The van der Waals surface area contributed by atoms with Crippen LogP contribution in [-0.4, -0.2) is 19.6 Å². The van der Waals surface area contributed by atoms with Crippen LogP contribution >= 0.6 is 0 Å². The van der Waals surface area contributed by atoms with Crippen LogP contribution in [-0.2, 0) is 0 Å². The Hall–Kier alpha value is -6.60. The Labute approximate surface area is 295 Å². The van der Waals surface area contributed by atoms with Gasteiger partial charge in [-0.15, -0.1) is 10.2 Å². The van der Waals surface area contributed by atoms with Crippen molar-refractivity contribution in [3.05, 3.63) is 150 Å². The fourth-order valence-electron chi connectivity index (χ4n) is 4.64. The molecule has 0 unspecified atom stereocenters. The van der Waals surface area contributed by atoms with Gasteiger partial charge in [0.25, 0.3) is 11.1 Å². The van der Waals surface area contributed by atoms with E-state index in [2.05, 4.69) is 30.7 Å². The Morgan fingerprint density at radius 2 is 0.667 bits per heavy atom. The van der Waals surface area contributed by atoms with Gasteiger partial charge in [0.05, 0.1) is 22.8 Å². The highest BCUT2D eigenvalue weighted by Crippen LogP contribution is 2.28. The lowest BCUT2D eigenvalue weighted by atomic mass is 10.2. The van der Waals surface area contributed by atoms with Crippen molar-refractivity contribution < 1.29 is 43.9 Å². The van der Waals surface area contributed by atoms with Crippen molar-refractivity contribution in [1.29, 1.82) is 0 Å². The van der Waals surface area contributed by atoms with Crippen molar-refractivity contribution >= 4 is 22.7 Å². The molecule has 0 atom stereocenters. The van der Waals surface area contributed by atoms with E-state index >= 15 is 0 Å². The maximum atomic E-state index is 13.9. The molecule has 0 saturated heterocycles. The van der Waals surface area contributed by atoms with Gasteiger partial charge in [-0.3, -0.25) is 19.8 Å². The van der Waals surface area contributed by atoms with Gasteiger partial charge >= 0.3 is 0 Å². The van der Waals surface area contributed by atoms with Gasteiger partial charge in [0.2, 0.25) is 11.6 Å². The molecule has 280 valence electrons. The van der Waals surface area contributed by atoms with Gasteiger partial charge < -0.3 is 0 Å². The molecular formula is C34H22F10N8O2. The first-order chi connectivity index (χ1) is 25.4. The molecule has 0 spiro atoms. The molecule has 54 heavy (non-hydrogen) atoms. The highest BCUT2D eigenvalue weighted by atomic mass is 19.2. The number of H-pyrrole nitrogens is 2. The zero-order valence-corrected chi connectivity index (χ0v) is 27.9. The lowest BCUT2D eigenvalue weighted by Crippen LogP contribution is -2.19. The second-order valence-corrected chi connectivity index (χ2v) is 11.4. The predicted octanol–water partition coefficient (Wildman–Crippen LogP) is 9.79. The Morgan fingerprint density at radius 3 is 0.944 bits per heavy atom. The highest BCUT2D eigenvalue weighted by molar-refractivity contribution is 5.47. The van der Waals surface area contributed by atoms with Gasteiger partial charge in [-0.1, -0.05) is 35.4 Å². The number of hydrogen-bond acceptors (Lipinski definition) is 6. The molecule has 10 nitrogen and oxygen atoms in total. The van der Waals surface area contributed by atoms with E-state index in [0.717, 1.165) is 11.1 Å². The minimum Gasteiger partial charge on any atom is -0.293 e. The average Bonchev–Trinajstić information content (AvgIpc) is 3.59. The van der Waals surface area contributed by atoms with Crippen LogP contribution in [0.2, 0.25) is 0 Å². The van der Waals surface area contributed by atoms with Crippen LogP contribution in [0, 0.1) is 85.9 Å². The molecule has 0 bridgehead atoms. The summed E-state index contributed by atoms with van der Waals surface area (Å²) in [7, 11) is 0. The topological polar surface area (TPSA) is 125 Å². The quantitative estimate of drug-likeness (QED) is 0.0759. The number of aromatic amines is 2.